The molecular weight excluding hydrogens is 204 g/mol. The van der Waals surface area contributed by atoms with E-state index in [0.717, 1.165) is 0 Å². The third-order valence-electron chi connectivity index (χ3n) is 2.07. The van der Waals surface area contributed by atoms with Gasteiger partial charge in [0.15, 0.2) is 0 Å². The van der Waals surface area contributed by atoms with E-state index in [-0.39, 0.29) is 5.56 Å². The predicted octanol–water partition coefficient (Wildman–Crippen LogP) is 1.97. The first-order chi connectivity index (χ1) is 7.11. The number of methoxy groups -OCH3 is 2. The van der Waals surface area contributed by atoms with Crippen LogP contribution >= 0.6 is 0 Å². The van der Waals surface area contributed by atoms with E-state index in [1.807, 2.05) is 0 Å². The van der Waals surface area contributed by atoms with E-state index in [2.05, 4.69) is 0 Å². The molecule has 0 bridgehead atoms. The summed E-state index contributed by atoms with van der Waals surface area (Å²) >= 11 is 0. The number of alkyl halides is 2. The van der Waals surface area contributed by atoms with Crippen molar-refractivity contribution in [1.29, 1.82) is 0 Å². The Kier molecular flexibility index (Phi) is 3.85. The van der Waals surface area contributed by atoms with Gasteiger partial charge in [-0.2, -0.15) is 0 Å². The Morgan fingerprint density at radius 2 is 1.60 bits per heavy atom. The lowest BCUT2D eigenvalue weighted by Crippen LogP contribution is -2.20. The molecule has 0 amide bonds. The minimum atomic E-state index is -2.66. The van der Waals surface area contributed by atoms with Crippen molar-refractivity contribution in [1.82, 2.24) is 0 Å². The fraction of sp³-hybridized carbons (Fsp3) is 0.400. The summed E-state index contributed by atoms with van der Waals surface area (Å²) in [5.41, 5.74) is 5.57. The quantitative estimate of drug-likeness (QED) is 0.838. The third-order valence-corrected chi connectivity index (χ3v) is 2.07. The van der Waals surface area contributed by atoms with Crippen LogP contribution in [0, 0.1) is 0 Å². The van der Waals surface area contributed by atoms with E-state index in [4.69, 9.17) is 15.2 Å². The van der Waals surface area contributed by atoms with Crippen LogP contribution in [0.3, 0.4) is 0 Å². The van der Waals surface area contributed by atoms with Gasteiger partial charge in [-0.3, -0.25) is 0 Å². The summed E-state index contributed by atoms with van der Waals surface area (Å²) in [4.78, 5) is 0. The molecule has 1 aromatic rings. The van der Waals surface area contributed by atoms with Gasteiger partial charge in [-0.1, -0.05) is 6.07 Å². The minimum absolute atomic E-state index is 0.192. The Balaban J connectivity index is 3.21. The van der Waals surface area contributed by atoms with Crippen molar-refractivity contribution in [2.75, 3.05) is 14.2 Å². The molecule has 0 unspecified atom stereocenters. The van der Waals surface area contributed by atoms with Crippen LogP contribution in [0.4, 0.5) is 8.78 Å². The molecule has 1 atom stereocenters. The monoisotopic (exact) mass is 217 g/mol. The van der Waals surface area contributed by atoms with Gasteiger partial charge in [0.2, 0.25) is 0 Å². The van der Waals surface area contributed by atoms with Gasteiger partial charge in [0.25, 0.3) is 6.43 Å². The zero-order valence-corrected chi connectivity index (χ0v) is 8.54. The summed E-state index contributed by atoms with van der Waals surface area (Å²) in [6.07, 6.45) is -2.66. The van der Waals surface area contributed by atoms with E-state index in [1.165, 1.54) is 14.2 Å². The SMILES string of the molecule is COc1cccc(OC)c1[C@@H](N)C(F)F. The standard InChI is InChI=1S/C10H13F2NO2/c1-14-6-4-3-5-7(15-2)8(6)9(13)10(11)12/h3-5,9-10H,13H2,1-2H3/t9-/m1/s1. The average molecular weight is 217 g/mol. The second-order valence-corrected chi connectivity index (χ2v) is 2.94. The first-order valence-corrected chi connectivity index (χ1v) is 4.36. The van der Waals surface area contributed by atoms with Gasteiger partial charge < -0.3 is 15.2 Å². The number of hydrogen-bond acceptors (Lipinski definition) is 3. The minimum Gasteiger partial charge on any atom is -0.496 e. The molecule has 0 fully saturated rings. The first-order valence-electron chi connectivity index (χ1n) is 4.36. The predicted molar refractivity (Wildman–Crippen MR) is 52.5 cm³/mol. The van der Waals surface area contributed by atoms with Gasteiger partial charge in [0, 0.05) is 0 Å². The summed E-state index contributed by atoms with van der Waals surface area (Å²) < 4.78 is 35.0. The highest BCUT2D eigenvalue weighted by Gasteiger charge is 2.24. The molecule has 15 heavy (non-hydrogen) atoms. The van der Waals surface area contributed by atoms with E-state index < -0.39 is 12.5 Å². The molecule has 0 radical (unpaired) electrons. The van der Waals surface area contributed by atoms with Crippen LogP contribution in [0.1, 0.15) is 11.6 Å². The smallest absolute Gasteiger partial charge is 0.257 e. The van der Waals surface area contributed by atoms with Crippen molar-refractivity contribution in [3.63, 3.8) is 0 Å². The van der Waals surface area contributed by atoms with Gasteiger partial charge in [0.1, 0.15) is 11.5 Å². The number of rotatable bonds is 4. The molecule has 1 rings (SSSR count). The van der Waals surface area contributed by atoms with Crippen molar-refractivity contribution in [2.24, 2.45) is 5.73 Å². The molecule has 0 saturated carbocycles. The maximum Gasteiger partial charge on any atom is 0.257 e. The van der Waals surface area contributed by atoms with Gasteiger partial charge in [-0.15, -0.1) is 0 Å². The topological polar surface area (TPSA) is 44.5 Å². The molecule has 0 saturated heterocycles. The van der Waals surface area contributed by atoms with Gasteiger partial charge in [0.05, 0.1) is 25.8 Å². The highest BCUT2D eigenvalue weighted by molar-refractivity contribution is 5.47. The Hall–Kier alpha value is -1.36. The molecule has 3 nitrogen and oxygen atoms in total. The lowest BCUT2D eigenvalue weighted by Gasteiger charge is -2.17. The lowest BCUT2D eigenvalue weighted by molar-refractivity contribution is 0.113. The number of hydrogen-bond donors (Lipinski definition) is 1. The van der Waals surface area contributed by atoms with Crippen molar-refractivity contribution >= 4 is 0 Å². The molecule has 0 aliphatic rings. The summed E-state index contributed by atoms with van der Waals surface area (Å²) in [5.74, 6) is 0.615. The van der Waals surface area contributed by atoms with Crippen LogP contribution in [0.2, 0.25) is 0 Å². The first kappa shape index (κ1) is 11.7. The van der Waals surface area contributed by atoms with Crippen LogP contribution in [-0.4, -0.2) is 20.6 Å². The molecule has 0 aliphatic carbocycles. The lowest BCUT2D eigenvalue weighted by atomic mass is 10.1. The van der Waals surface area contributed by atoms with Gasteiger partial charge in [-0.25, -0.2) is 8.78 Å². The van der Waals surface area contributed by atoms with E-state index >= 15 is 0 Å². The molecule has 0 aromatic heterocycles. The summed E-state index contributed by atoms with van der Waals surface area (Å²) in [6.45, 7) is 0. The molecule has 1 aromatic carbocycles. The fourth-order valence-electron chi connectivity index (χ4n) is 1.33. The zero-order chi connectivity index (χ0) is 11.4. The number of halogens is 2. The zero-order valence-electron chi connectivity index (χ0n) is 8.54. The van der Waals surface area contributed by atoms with Crippen molar-refractivity contribution in [2.45, 2.75) is 12.5 Å². The van der Waals surface area contributed by atoms with Crippen molar-refractivity contribution in [3.8, 4) is 11.5 Å². The highest BCUT2D eigenvalue weighted by atomic mass is 19.3. The number of ether oxygens (including phenoxy) is 2. The van der Waals surface area contributed by atoms with Crippen LogP contribution in [0.25, 0.3) is 0 Å². The normalized spacial score (nSPS) is 12.7. The second-order valence-electron chi connectivity index (χ2n) is 2.94. The maximum absolute atomic E-state index is 12.5. The third kappa shape index (κ3) is 2.36. The van der Waals surface area contributed by atoms with Gasteiger partial charge >= 0.3 is 0 Å². The summed E-state index contributed by atoms with van der Waals surface area (Å²) in [6, 6.07) is 3.38. The van der Waals surface area contributed by atoms with Crippen molar-refractivity contribution < 1.29 is 18.3 Å². The number of nitrogens with two attached hydrogens (primary N) is 1. The molecular formula is C10H13F2NO2. The average Bonchev–Trinajstić information content (AvgIpc) is 2.26. The fourth-order valence-corrected chi connectivity index (χ4v) is 1.33. The van der Waals surface area contributed by atoms with Crippen LogP contribution in [0.5, 0.6) is 11.5 Å². The largest absolute Gasteiger partial charge is 0.496 e. The van der Waals surface area contributed by atoms with Crippen LogP contribution < -0.4 is 15.2 Å². The summed E-state index contributed by atoms with van der Waals surface area (Å²) in [5, 5.41) is 0. The second kappa shape index (κ2) is 4.93. The van der Waals surface area contributed by atoms with Crippen LogP contribution in [-0.2, 0) is 0 Å². The Morgan fingerprint density at radius 1 is 1.13 bits per heavy atom. The van der Waals surface area contributed by atoms with E-state index in [0.29, 0.717) is 11.5 Å². The Morgan fingerprint density at radius 3 is 1.93 bits per heavy atom. The summed E-state index contributed by atoms with van der Waals surface area (Å²) in [7, 11) is 2.80. The van der Waals surface area contributed by atoms with E-state index in [9.17, 15) is 8.78 Å². The molecule has 0 spiro atoms. The Labute approximate surface area is 86.8 Å². The molecule has 0 heterocycles. The van der Waals surface area contributed by atoms with E-state index in [1.54, 1.807) is 18.2 Å². The maximum atomic E-state index is 12.5. The van der Waals surface area contributed by atoms with Crippen LogP contribution in [0.15, 0.2) is 18.2 Å². The van der Waals surface area contributed by atoms with Gasteiger partial charge in [-0.05, 0) is 12.1 Å². The Bertz CT molecular complexity index is 309. The molecule has 0 aliphatic heterocycles. The molecule has 84 valence electrons. The highest BCUT2D eigenvalue weighted by Crippen LogP contribution is 2.35. The number of benzene rings is 1. The molecule has 2 N–H and O–H groups in total. The van der Waals surface area contributed by atoms with Crippen molar-refractivity contribution in [3.05, 3.63) is 23.8 Å². The molecule has 5 heteroatoms.